The first kappa shape index (κ1) is 19.7. The second kappa shape index (κ2) is 7.87. The summed E-state index contributed by atoms with van der Waals surface area (Å²) in [5, 5.41) is 19.2. The highest BCUT2D eigenvalue weighted by atomic mass is 79.9. The number of phenolic OH excluding ortho intramolecular Hbond substituents is 1. The maximum atomic E-state index is 12.5. The van der Waals surface area contributed by atoms with Crippen LogP contribution in [0.5, 0.6) is 5.75 Å². The Morgan fingerprint density at radius 1 is 1.19 bits per heavy atom. The highest BCUT2D eigenvalue weighted by Gasteiger charge is 2.30. The second-order valence-corrected chi connectivity index (χ2v) is 8.27. The molecular weight excluding hydrogens is 500 g/mol. The summed E-state index contributed by atoms with van der Waals surface area (Å²) in [7, 11) is 1.63. The molecule has 0 radical (unpaired) electrons. The van der Waals surface area contributed by atoms with Crippen molar-refractivity contribution < 1.29 is 19.8 Å². The molecule has 0 aliphatic carbocycles. The van der Waals surface area contributed by atoms with Crippen LogP contribution >= 0.6 is 43.6 Å². The molecule has 2 aromatic carbocycles. The second-order valence-electron chi connectivity index (χ2n) is 5.55. The Morgan fingerprint density at radius 2 is 1.78 bits per heavy atom. The molecule has 9 heteroatoms. The van der Waals surface area contributed by atoms with Gasteiger partial charge in [0, 0.05) is 7.05 Å². The van der Waals surface area contributed by atoms with E-state index in [4.69, 9.17) is 5.11 Å². The third kappa shape index (κ3) is 4.26. The van der Waals surface area contributed by atoms with Gasteiger partial charge in [0.2, 0.25) is 0 Å². The van der Waals surface area contributed by atoms with Crippen LogP contribution in [-0.4, -0.2) is 39.2 Å². The molecule has 2 N–H and O–H groups in total. The third-order valence-electron chi connectivity index (χ3n) is 3.68. The van der Waals surface area contributed by atoms with Gasteiger partial charge in [-0.05, 0) is 91.7 Å². The molecule has 2 aromatic rings. The van der Waals surface area contributed by atoms with Crippen molar-refractivity contribution in [3.05, 3.63) is 61.4 Å². The van der Waals surface area contributed by atoms with Gasteiger partial charge in [-0.25, -0.2) is 9.79 Å². The zero-order chi connectivity index (χ0) is 19.7. The number of aromatic hydroxyl groups is 1. The number of amides is 1. The number of carbonyl (C=O) groups excluding carboxylic acids is 1. The van der Waals surface area contributed by atoms with Gasteiger partial charge in [-0.2, -0.15) is 0 Å². The van der Waals surface area contributed by atoms with Crippen LogP contribution in [0.2, 0.25) is 0 Å². The Labute approximate surface area is 175 Å². The summed E-state index contributed by atoms with van der Waals surface area (Å²) in [4.78, 5) is 29.8. The van der Waals surface area contributed by atoms with Gasteiger partial charge in [-0.3, -0.25) is 9.69 Å². The largest absolute Gasteiger partial charge is 0.506 e. The summed E-state index contributed by atoms with van der Waals surface area (Å²) in [5.41, 5.74) is 1.47. The van der Waals surface area contributed by atoms with Crippen LogP contribution in [0, 0.1) is 0 Å². The first-order valence-corrected chi connectivity index (χ1v) is 9.94. The predicted molar refractivity (Wildman–Crippen MR) is 112 cm³/mol. The molecule has 6 nitrogen and oxygen atoms in total. The molecule has 0 saturated carbocycles. The summed E-state index contributed by atoms with van der Waals surface area (Å²) >= 11 is 7.76. The number of aliphatic imine (C=N–C) groups is 1. The van der Waals surface area contributed by atoms with E-state index in [9.17, 15) is 14.7 Å². The molecule has 0 spiro atoms. The average molecular weight is 512 g/mol. The number of hydrogen-bond donors (Lipinski definition) is 2. The minimum atomic E-state index is -1.01. The van der Waals surface area contributed by atoms with Gasteiger partial charge in [0.25, 0.3) is 5.91 Å². The lowest BCUT2D eigenvalue weighted by Gasteiger charge is -2.07. The molecule has 1 fully saturated rings. The monoisotopic (exact) mass is 510 g/mol. The van der Waals surface area contributed by atoms with Crippen LogP contribution in [0.25, 0.3) is 6.08 Å². The number of nitrogens with zero attached hydrogens (tertiary/aromatic N) is 2. The van der Waals surface area contributed by atoms with Crippen molar-refractivity contribution >= 4 is 72.4 Å². The first-order valence-electron chi connectivity index (χ1n) is 7.54. The first-order chi connectivity index (χ1) is 12.8. The molecular formula is C18H12Br2N2O4S. The lowest BCUT2D eigenvalue weighted by molar-refractivity contribution is -0.121. The number of carbonyl (C=O) groups is 2. The van der Waals surface area contributed by atoms with Crippen molar-refractivity contribution in [1.82, 2.24) is 4.90 Å². The van der Waals surface area contributed by atoms with Crippen molar-refractivity contribution in [3.8, 4) is 5.75 Å². The Balaban J connectivity index is 1.89. The number of benzene rings is 2. The molecule has 1 aliphatic heterocycles. The number of likely N-dealkylation sites (N-methyl/N-ethyl adjacent to an activating group) is 1. The van der Waals surface area contributed by atoms with E-state index < -0.39 is 5.97 Å². The molecule has 1 aliphatic rings. The number of amidine groups is 1. The fraction of sp³-hybridized carbons (Fsp3) is 0.0556. The van der Waals surface area contributed by atoms with E-state index in [1.54, 1.807) is 37.4 Å². The molecule has 0 unspecified atom stereocenters. The van der Waals surface area contributed by atoms with E-state index in [0.29, 0.717) is 24.7 Å². The molecule has 1 amide bonds. The van der Waals surface area contributed by atoms with Gasteiger partial charge < -0.3 is 10.2 Å². The van der Waals surface area contributed by atoms with E-state index in [0.717, 1.165) is 5.56 Å². The van der Waals surface area contributed by atoms with Crippen LogP contribution in [-0.2, 0) is 4.79 Å². The van der Waals surface area contributed by atoms with Gasteiger partial charge in [0.05, 0.1) is 25.1 Å². The summed E-state index contributed by atoms with van der Waals surface area (Å²) in [6.45, 7) is 0. The lowest BCUT2D eigenvalue weighted by Crippen LogP contribution is -2.23. The molecule has 0 aromatic heterocycles. The van der Waals surface area contributed by atoms with Crippen LogP contribution < -0.4 is 0 Å². The fourth-order valence-corrected chi connectivity index (χ4v) is 4.47. The van der Waals surface area contributed by atoms with E-state index in [-0.39, 0.29) is 17.2 Å². The van der Waals surface area contributed by atoms with E-state index >= 15 is 0 Å². The van der Waals surface area contributed by atoms with Gasteiger partial charge in [-0.1, -0.05) is 0 Å². The summed E-state index contributed by atoms with van der Waals surface area (Å²) in [6.07, 6.45) is 1.72. The average Bonchev–Trinajstić information content (AvgIpc) is 2.88. The van der Waals surface area contributed by atoms with Crippen LogP contribution in [0.1, 0.15) is 15.9 Å². The normalized spacial score (nSPS) is 17.1. The quantitative estimate of drug-likeness (QED) is 0.575. The van der Waals surface area contributed by atoms with Crippen LogP contribution in [0.4, 0.5) is 5.69 Å². The number of hydrogen-bond acceptors (Lipinski definition) is 5. The molecule has 1 heterocycles. The Morgan fingerprint density at radius 3 is 2.33 bits per heavy atom. The van der Waals surface area contributed by atoms with Crippen LogP contribution in [0.15, 0.2) is 55.2 Å². The molecule has 27 heavy (non-hydrogen) atoms. The number of phenols is 1. The molecule has 138 valence electrons. The Bertz CT molecular complexity index is 980. The lowest BCUT2D eigenvalue weighted by atomic mass is 10.2. The Hall–Kier alpha value is -2.10. The molecule has 0 bridgehead atoms. The number of halogens is 2. The van der Waals surface area contributed by atoms with Gasteiger partial charge in [0.15, 0.2) is 5.17 Å². The smallest absolute Gasteiger partial charge is 0.335 e. The summed E-state index contributed by atoms with van der Waals surface area (Å²) in [6, 6.07) is 9.52. The van der Waals surface area contributed by atoms with Crippen molar-refractivity contribution in [2.24, 2.45) is 4.99 Å². The highest BCUT2D eigenvalue weighted by Crippen LogP contribution is 2.37. The number of carboxylic acid groups (broad SMARTS) is 1. The zero-order valence-corrected chi connectivity index (χ0v) is 17.8. The highest BCUT2D eigenvalue weighted by molar-refractivity contribution is 9.11. The fourth-order valence-electron chi connectivity index (χ4n) is 2.26. The number of aromatic carboxylic acids is 1. The topological polar surface area (TPSA) is 90.2 Å². The van der Waals surface area contributed by atoms with E-state index in [2.05, 4.69) is 36.9 Å². The standard InChI is InChI=1S/C18H12Br2N2O4S/c1-22-16(24)14(8-9-6-12(19)15(23)13(20)7-9)27-18(22)21-11-4-2-10(3-5-11)17(25)26/h2-8,23H,1H3,(H,25,26). The van der Waals surface area contributed by atoms with Crippen LogP contribution in [0.3, 0.4) is 0 Å². The number of rotatable bonds is 3. The van der Waals surface area contributed by atoms with Crippen molar-refractivity contribution in [2.45, 2.75) is 0 Å². The SMILES string of the molecule is CN1C(=O)C(=Cc2cc(Br)c(O)c(Br)c2)SC1=Nc1ccc(C(=O)O)cc1. The minimum absolute atomic E-state index is 0.0896. The van der Waals surface area contributed by atoms with Crippen molar-refractivity contribution in [3.63, 3.8) is 0 Å². The zero-order valence-electron chi connectivity index (χ0n) is 13.8. The minimum Gasteiger partial charge on any atom is -0.506 e. The van der Waals surface area contributed by atoms with E-state index in [1.807, 2.05) is 0 Å². The van der Waals surface area contributed by atoms with Gasteiger partial charge >= 0.3 is 5.97 Å². The van der Waals surface area contributed by atoms with Gasteiger partial charge in [-0.15, -0.1) is 0 Å². The third-order valence-corrected chi connectivity index (χ3v) is 5.95. The van der Waals surface area contributed by atoms with Crippen molar-refractivity contribution in [2.75, 3.05) is 7.05 Å². The maximum Gasteiger partial charge on any atom is 0.335 e. The number of thioether (sulfide) groups is 1. The van der Waals surface area contributed by atoms with Crippen molar-refractivity contribution in [1.29, 1.82) is 0 Å². The maximum absolute atomic E-state index is 12.5. The molecule has 3 rings (SSSR count). The Kier molecular flexibility index (Phi) is 5.73. The number of carboxylic acids is 1. The summed E-state index contributed by atoms with van der Waals surface area (Å²) < 4.78 is 1.03. The summed E-state index contributed by atoms with van der Waals surface area (Å²) in [5.74, 6) is -1.11. The molecule has 1 saturated heterocycles. The van der Waals surface area contributed by atoms with E-state index in [1.165, 1.54) is 28.8 Å². The molecule has 0 atom stereocenters. The van der Waals surface area contributed by atoms with Gasteiger partial charge in [0.1, 0.15) is 5.75 Å². The predicted octanol–water partition coefficient (Wildman–Crippen LogP) is 4.85.